The molecular formula is C30H35BrFN3O6S. The molecule has 2 atom stereocenters. The van der Waals surface area contributed by atoms with Gasteiger partial charge in [-0.2, -0.15) is 0 Å². The average Bonchev–Trinajstić information content (AvgIpc) is 2.98. The molecule has 0 unspecified atom stereocenters. The molecule has 42 heavy (non-hydrogen) atoms. The number of methoxy groups -OCH3 is 2. The lowest BCUT2D eigenvalue weighted by Crippen LogP contribution is -2.52. The highest BCUT2D eigenvalue weighted by molar-refractivity contribution is 9.10. The minimum Gasteiger partial charge on any atom is -0.493 e. The Morgan fingerprint density at radius 2 is 1.64 bits per heavy atom. The molecule has 1 N–H and O–H groups in total. The van der Waals surface area contributed by atoms with Crippen molar-refractivity contribution in [3.8, 4) is 11.5 Å². The molecule has 0 radical (unpaired) electrons. The zero-order chi connectivity index (χ0) is 31.0. The third kappa shape index (κ3) is 8.01. The number of hydrogen-bond donors (Lipinski definition) is 1. The summed E-state index contributed by atoms with van der Waals surface area (Å²) in [6, 6.07) is 15.0. The number of ether oxygens (including phenoxy) is 2. The third-order valence-corrected chi connectivity index (χ3v) is 9.01. The van der Waals surface area contributed by atoms with Crippen LogP contribution in [0.15, 0.2) is 76.1 Å². The molecule has 0 fully saturated rings. The van der Waals surface area contributed by atoms with Crippen LogP contribution in [-0.4, -0.2) is 58.0 Å². The van der Waals surface area contributed by atoms with Crippen molar-refractivity contribution in [1.29, 1.82) is 0 Å². The summed E-state index contributed by atoms with van der Waals surface area (Å²) in [7, 11) is -1.58. The summed E-state index contributed by atoms with van der Waals surface area (Å²) < 4.78 is 54.0. The number of nitrogens with one attached hydrogen (secondary N) is 1. The van der Waals surface area contributed by atoms with Gasteiger partial charge >= 0.3 is 0 Å². The monoisotopic (exact) mass is 663 g/mol. The summed E-state index contributed by atoms with van der Waals surface area (Å²) in [6.07, 6.45) is 0.694. The van der Waals surface area contributed by atoms with Gasteiger partial charge < -0.3 is 19.7 Å². The lowest BCUT2D eigenvalue weighted by molar-refractivity contribution is -0.139. The first-order valence-corrected chi connectivity index (χ1v) is 15.5. The van der Waals surface area contributed by atoms with E-state index in [1.807, 2.05) is 32.0 Å². The highest BCUT2D eigenvalue weighted by Crippen LogP contribution is 2.32. The Kier molecular flexibility index (Phi) is 11.3. The van der Waals surface area contributed by atoms with Crippen LogP contribution >= 0.6 is 15.9 Å². The van der Waals surface area contributed by atoms with Crippen molar-refractivity contribution in [1.82, 2.24) is 10.2 Å². The molecule has 0 bridgehead atoms. The van der Waals surface area contributed by atoms with Gasteiger partial charge in [0.2, 0.25) is 11.8 Å². The molecule has 0 saturated carbocycles. The van der Waals surface area contributed by atoms with Gasteiger partial charge in [-0.25, -0.2) is 12.8 Å². The topological polar surface area (TPSA) is 105 Å². The second-order valence-electron chi connectivity index (χ2n) is 9.65. The van der Waals surface area contributed by atoms with Gasteiger partial charge in [-0.1, -0.05) is 35.0 Å². The summed E-state index contributed by atoms with van der Waals surface area (Å²) in [4.78, 5) is 28.3. The van der Waals surface area contributed by atoms with Gasteiger partial charge in [0.25, 0.3) is 10.0 Å². The molecule has 9 nitrogen and oxygen atoms in total. The first-order chi connectivity index (χ1) is 19.9. The quantitative estimate of drug-likeness (QED) is 0.272. The Hall–Kier alpha value is -3.64. The van der Waals surface area contributed by atoms with E-state index in [-0.39, 0.29) is 34.8 Å². The van der Waals surface area contributed by atoms with E-state index >= 15 is 0 Å². The molecule has 226 valence electrons. The van der Waals surface area contributed by atoms with Crippen LogP contribution < -0.4 is 19.1 Å². The van der Waals surface area contributed by atoms with Gasteiger partial charge in [-0.3, -0.25) is 13.9 Å². The number of sulfonamides is 1. The molecule has 0 aromatic heterocycles. The van der Waals surface area contributed by atoms with E-state index in [1.54, 1.807) is 13.0 Å². The van der Waals surface area contributed by atoms with E-state index in [1.165, 1.54) is 49.5 Å². The summed E-state index contributed by atoms with van der Waals surface area (Å²) in [5.74, 6) is -1.07. The molecule has 12 heteroatoms. The largest absolute Gasteiger partial charge is 0.493 e. The number of carbonyl (C=O) groups is 2. The van der Waals surface area contributed by atoms with Gasteiger partial charge in [-0.05, 0) is 74.4 Å². The maximum absolute atomic E-state index is 14.0. The van der Waals surface area contributed by atoms with Crippen molar-refractivity contribution in [2.75, 3.05) is 25.1 Å². The van der Waals surface area contributed by atoms with Crippen LogP contribution in [0.4, 0.5) is 10.1 Å². The molecule has 3 aromatic carbocycles. The van der Waals surface area contributed by atoms with E-state index < -0.39 is 34.3 Å². The van der Waals surface area contributed by atoms with Crippen LogP contribution in [0.2, 0.25) is 0 Å². The van der Waals surface area contributed by atoms with Crippen molar-refractivity contribution < 1.29 is 31.9 Å². The van der Waals surface area contributed by atoms with E-state index in [0.29, 0.717) is 12.2 Å². The van der Waals surface area contributed by atoms with Crippen molar-refractivity contribution in [3.05, 3.63) is 82.6 Å². The lowest BCUT2D eigenvalue weighted by Gasteiger charge is -2.32. The first-order valence-electron chi connectivity index (χ1n) is 13.3. The lowest BCUT2D eigenvalue weighted by atomic mass is 10.1. The van der Waals surface area contributed by atoms with Crippen molar-refractivity contribution >= 4 is 43.5 Å². The molecule has 0 spiro atoms. The predicted molar refractivity (Wildman–Crippen MR) is 163 cm³/mol. The normalized spacial score (nSPS) is 12.6. The van der Waals surface area contributed by atoms with Gasteiger partial charge in [0.05, 0.1) is 24.8 Å². The number of benzene rings is 3. The number of halogens is 2. The summed E-state index contributed by atoms with van der Waals surface area (Å²) >= 11 is 3.43. The molecular weight excluding hydrogens is 629 g/mol. The molecule has 3 aromatic rings. The van der Waals surface area contributed by atoms with Crippen LogP contribution in [0.25, 0.3) is 0 Å². The van der Waals surface area contributed by atoms with E-state index in [9.17, 15) is 22.4 Å². The number of rotatable bonds is 13. The summed E-state index contributed by atoms with van der Waals surface area (Å²) in [5, 5.41) is 2.89. The Bertz CT molecular complexity index is 1500. The Morgan fingerprint density at radius 3 is 2.24 bits per heavy atom. The standard InChI is InChI=1S/C30H35BrFN3O6S/c1-6-20(2)33-30(37)21(3)34(18-22-8-7-9-23(31)16-22)29(36)19-35(25-12-10-24(32)11-13-25)42(38,39)26-14-15-27(40-4)28(17-26)41-5/h7-17,20-21H,6,18-19H2,1-5H3,(H,33,37)/t20-,21-/m0/s1. The summed E-state index contributed by atoms with van der Waals surface area (Å²) in [5.41, 5.74) is 0.802. The zero-order valence-corrected chi connectivity index (χ0v) is 26.5. The van der Waals surface area contributed by atoms with E-state index in [4.69, 9.17) is 9.47 Å². The van der Waals surface area contributed by atoms with Crippen molar-refractivity contribution in [2.45, 2.75) is 50.7 Å². The molecule has 0 aliphatic rings. The molecule has 0 saturated heterocycles. The molecule has 0 heterocycles. The fourth-order valence-corrected chi connectivity index (χ4v) is 6.00. The maximum Gasteiger partial charge on any atom is 0.264 e. The fraction of sp³-hybridized carbons (Fsp3) is 0.333. The van der Waals surface area contributed by atoms with Gasteiger partial charge in [0, 0.05) is 23.1 Å². The minimum atomic E-state index is -4.38. The van der Waals surface area contributed by atoms with Crippen molar-refractivity contribution in [3.63, 3.8) is 0 Å². The van der Waals surface area contributed by atoms with Gasteiger partial charge in [-0.15, -0.1) is 0 Å². The zero-order valence-electron chi connectivity index (χ0n) is 24.1. The maximum atomic E-state index is 14.0. The number of carbonyl (C=O) groups excluding carboxylic acids is 2. The number of amides is 2. The SMILES string of the molecule is CC[C@H](C)NC(=O)[C@H](C)N(Cc1cccc(Br)c1)C(=O)CN(c1ccc(F)cc1)S(=O)(=O)c1ccc(OC)c(OC)c1. The Balaban J connectivity index is 2.06. The first kappa shape index (κ1) is 32.9. The van der Waals surface area contributed by atoms with Crippen LogP contribution in [0.5, 0.6) is 11.5 Å². The molecule has 0 aliphatic carbocycles. The number of nitrogens with zero attached hydrogens (tertiary/aromatic N) is 2. The summed E-state index contributed by atoms with van der Waals surface area (Å²) in [6.45, 7) is 4.77. The number of hydrogen-bond acceptors (Lipinski definition) is 6. The van der Waals surface area contributed by atoms with Crippen LogP contribution in [0.1, 0.15) is 32.8 Å². The Morgan fingerprint density at radius 1 is 0.976 bits per heavy atom. The molecule has 2 amide bonds. The van der Waals surface area contributed by atoms with Crippen molar-refractivity contribution in [2.24, 2.45) is 0 Å². The van der Waals surface area contributed by atoms with E-state index in [0.717, 1.165) is 26.5 Å². The third-order valence-electron chi connectivity index (χ3n) is 6.75. The predicted octanol–water partition coefficient (Wildman–Crippen LogP) is 5.13. The smallest absolute Gasteiger partial charge is 0.264 e. The molecule has 0 aliphatic heterocycles. The molecule has 3 rings (SSSR count). The van der Waals surface area contributed by atoms with Gasteiger partial charge in [0.1, 0.15) is 18.4 Å². The fourth-order valence-electron chi connectivity index (χ4n) is 4.12. The highest BCUT2D eigenvalue weighted by Gasteiger charge is 2.33. The van der Waals surface area contributed by atoms with Gasteiger partial charge in [0.15, 0.2) is 11.5 Å². The highest BCUT2D eigenvalue weighted by atomic mass is 79.9. The second-order valence-corrected chi connectivity index (χ2v) is 12.4. The number of anilines is 1. The van der Waals surface area contributed by atoms with E-state index in [2.05, 4.69) is 21.2 Å². The van der Waals surface area contributed by atoms with Crippen LogP contribution in [-0.2, 0) is 26.2 Å². The van der Waals surface area contributed by atoms with Crippen LogP contribution in [0, 0.1) is 5.82 Å². The minimum absolute atomic E-state index is 0.0427. The Labute approximate surface area is 254 Å². The van der Waals surface area contributed by atoms with Crippen LogP contribution in [0.3, 0.4) is 0 Å². The average molecular weight is 665 g/mol. The second kappa shape index (κ2) is 14.5.